The Morgan fingerprint density at radius 2 is 2.09 bits per heavy atom. The number of benzene rings is 1. The van der Waals surface area contributed by atoms with Gasteiger partial charge in [0, 0.05) is 23.6 Å². The molecule has 0 unspecified atom stereocenters. The van der Waals surface area contributed by atoms with Crippen LogP contribution in [0.1, 0.15) is 0 Å². The fourth-order valence-corrected chi connectivity index (χ4v) is 2.21. The molecule has 0 amide bonds. The molecular weight excluding hydrogens is 292 g/mol. The molecular formula is C16H12N6O. The molecule has 3 heterocycles. The third-order valence-electron chi connectivity index (χ3n) is 3.27. The van der Waals surface area contributed by atoms with Crippen molar-refractivity contribution in [2.45, 2.75) is 0 Å². The molecule has 0 fully saturated rings. The number of nitrogens with one attached hydrogen (secondary N) is 2. The van der Waals surface area contributed by atoms with Gasteiger partial charge in [-0.15, -0.1) is 0 Å². The summed E-state index contributed by atoms with van der Waals surface area (Å²) in [5.74, 6) is 1.22. The second kappa shape index (κ2) is 5.72. The van der Waals surface area contributed by atoms with Crippen LogP contribution in [0.3, 0.4) is 0 Å². The molecule has 0 bridgehead atoms. The van der Waals surface area contributed by atoms with Gasteiger partial charge in [0.25, 0.3) is 0 Å². The largest absolute Gasteiger partial charge is 0.444 e. The molecule has 0 aliphatic rings. The summed E-state index contributed by atoms with van der Waals surface area (Å²) in [7, 11) is 0. The Morgan fingerprint density at radius 3 is 2.91 bits per heavy atom. The van der Waals surface area contributed by atoms with Crippen LogP contribution in [0.2, 0.25) is 0 Å². The van der Waals surface area contributed by atoms with Crippen LogP contribution in [0, 0.1) is 0 Å². The van der Waals surface area contributed by atoms with E-state index in [9.17, 15) is 0 Å². The summed E-state index contributed by atoms with van der Waals surface area (Å²) < 4.78 is 5.31. The number of hydrogen-bond acceptors (Lipinski definition) is 6. The number of oxazole rings is 1. The molecule has 0 spiro atoms. The molecule has 7 heteroatoms. The fraction of sp³-hybridized carbons (Fsp3) is 0. The number of aromatic amines is 1. The van der Waals surface area contributed by atoms with Crippen LogP contribution in [0.4, 0.5) is 11.6 Å². The molecule has 0 aliphatic heterocycles. The first kappa shape index (κ1) is 13.2. The Kier molecular flexibility index (Phi) is 3.28. The van der Waals surface area contributed by atoms with Crippen LogP contribution < -0.4 is 5.32 Å². The predicted molar refractivity (Wildman–Crippen MR) is 84.8 cm³/mol. The van der Waals surface area contributed by atoms with Crippen molar-refractivity contribution in [2.75, 3.05) is 5.32 Å². The van der Waals surface area contributed by atoms with Crippen molar-refractivity contribution in [2.24, 2.45) is 0 Å². The highest BCUT2D eigenvalue weighted by Gasteiger charge is 2.06. The van der Waals surface area contributed by atoms with Crippen LogP contribution in [0.25, 0.3) is 22.7 Å². The van der Waals surface area contributed by atoms with E-state index in [4.69, 9.17) is 4.42 Å². The molecule has 4 aromatic rings. The number of H-pyrrole nitrogens is 1. The topological polar surface area (TPSA) is 92.5 Å². The van der Waals surface area contributed by atoms with Gasteiger partial charge in [0.15, 0.2) is 12.2 Å². The van der Waals surface area contributed by atoms with E-state index in [1.807, 2.05) is 36.4 Å². The average molecular weight is 304 g/mol. The summed E-state index contributed by atoms with van der Waals surface area (Å²) in [6, 6.07) is 11.5. The van der Waals surface area contributed by atoms with Gasteiger partial charge in [0.05, 0.1) is 17.6 Å². The average Bonchev–Trinajstić information content (AvgIpc) is 3.29. The Balaban J connectivity index is 1.61. The Morgan fingerprint density at radius 1 is 1.09 bits per heavy atom. The van der Waals surface area contributed by atoms with E-state index in [0.29, 0.717) is 11.7 Å². The highest BCUT2D eigenvalue weighted by atomic mass is 16.3. The van der Waals surface area contributed by atoms with E-state index in [1.54, 1.807) is 18.6 Å². The fourth-order valence-electron chi connectivity index (χ4n) is 2.21. The first-order valence-corrected chi connectivity index (χ1v) is 6.97. The molecule has 23 heavy (non-hydrogen) atoms. The number of rotatable bonds is 4. The van der Waals surface area contributed by atoms with Crippen molar-refractivity contribution < 1.29 is 4.42 Å². The predicted octanol–water partition coefficient (Wildman–Crippen LogP) is 3.27. The molecule has 0 saturated heterocycles. The lowest BCUT2D eigenvalue weighted by atomic mass is 10.1. The zero-order valence-corrected chi connectivity index (χ0v) is 12.0. The second-order valence-corrected chi connectivity index (χ2v) is 4.81. The van der Waals surface area contributed by atoms with Crippen molar-refractivity contribution in [1.29, 1.82) is 0 Å². The summed E-state index contributed by atoms with van der Waals surface area (Å²) >= 11 is 0. The lowest BCUT2D eigenvalue weighted by Gasteiger charge is -2.07. The third-order valence-corrected chi connectivity index (χ3v) is 3.27. The number of aromatic nitrogens is 5. The Bertz CT molecular complexity index is 826. The lowest BCUT2D eigenvalue weighted by molar-refractivity contribution is 0.572. The highest BCUT2D eigenvalue weighted by molar-refractivity contribution is 5.66. The summed E-state index contributed by atoms with van der Waals surface area (Å²) in [5.41, 5.74) is 3.40. The van der Waals surface area contributed by atoms with Gasteiger partial charge in [-0.05, 0) is 24.3 Å². The number of nitrogens with zero attached hydrogens (tertiary/aromatic N) is 4. The smallest absolute Gasteiger partial charge is 0.227 e. The third kappa shape index (κ3) is 2.80. The SMILES string of the molecule is c1cc(Nc2nccc(-c3ccn[nH]3)n2)cc(-c2cnco2)c1. The maximum absolute atomic E-state index is 5.31. The molecule has 0 radical (unpaired) electrons. The summed E-state index contributed by atoms with van der Waals surface area (Å²) in [4.78, 5) is 12.6. The van der Waals surface area contributed by atoms with Crippen molar-refractivity contribution in [3.8, 4) is 22.7 Å². The van der Waals surface area contributed by atoms with Gasteiger partial charge >= 0.3 is 0 Å². The second-order valence-electron chi connectivity index (χ2n) is 4.81. The molecule has 0 saturated carbocycles. The maximum atomic E-state index is 5.31. The molecule has 7 nitrogen and oxygen atoms in total. The van der Waals surface area contributed by atoms with Gasteiger partial charge in [0.2, 0.25) is 5.95 Å². The zero-order chi connectivity index (χ0) is 15.5. The molecule has 0 aliphatic carbocycles. The van der Waals surface area contributed by atoms with Gasteiger partial charge in [-0.1, -0.05) is 12.1 Å². The summed E-state index contributed by atoms with van der Waals surface area (Å²) in [5, 5.41) is 10.0. The van der Waals surface area contributed by atoms with Crippen molar-refractivity contribution in [3.63, 3.8) is 0 Å². The summed E-state index contributed by atoms with van der Waals surface area (Å²) in [6.07, 6.45) is 6.47. The molecule has 1 aromatic carbocycles. The molecule has 112 valence electrons. The molecule has 4 rings (SSSR count). The van der Waals surface area contributed by atoms with Crippen LogP contribution in [-0.4, -0.2) is 25.1 Å². The van der Waals surface area contributed by atoms with Crippen LogP contribution in [0.5, 0.6) is 0 Å². The standard InChI is InChI=1S/C16H12N6O/c1-2-11(15-9-17-10-23-15)8-12(3-1)20-16-18-6-4-13(21-16)14-5-7-19-22-14/h1-10H,(H,19,22)(H,18,20,21). The first-order chi connectivity index (χ1) is 11.4. The van der Waals surface area contributed by atoms with E-state index >= 15 is 0 Å². The number of hydrogen-bond donors (Lipinski definition) is 2. The van der Waals surface area contributed by atoms with Crippen molar-refractivity contribution in [1.82, 2.24) is 25.1 Å². The Hall–Kier alpha value is -3.48. The van der Waals surface area contributed by atoms with E-state index in [2.05, 4.69) is 30.5 Å². The summed E-state index contributed by atoms with van der Waals surface area (Å²) in [6.45, 7) is 0. The van der Waals surface area contributed by atoms with Crippen LogP contribution in [-0.2, 0) is 0 Å². The molecule has 2 N–H and O–H groups in total. The maximum Gasteiger partial charge on any atom is 0.227 e. The van der Waals surface area contributed by atoms with Crippen LogP contribution >= 0.6 is 0 Å². The van der Waals surface area contributed by atoms with Gasteiger partial charge in [0.1, 0.15) is 0 Å². The quantitative estimate of drug-likeness (QED) is 0.601. The van der Waals surface area contributed by atoms with Gasteiger partial charge < -0.3 is 9.73 Å². The van der Waals surface area contributed by atoms with Crippen LogP contribution in [0.15, 0.2) is 65.8 Å². The van der Waals surface area contributed by atoms with Crippen molar-refractivity contribution >= 4 is 11.6 Å². The zero-order valence-electron chi connectivity index (χ0n) is 12.0. The van der Waals surface area contributed by atoms with E-state index < -0.39 is 0 Å². The van der Waals surface area contributed by atoms with Gasteiger partial charge in [-0.25, -0.2) is 15.0 Å². The number of anilines is 2. The lowest BCUT2D eigenvalue weighted by Crippen LogP contribution is -1.98. The molecule has 3 aromatic heterocycles. The minimum Gasteiger partial charge on any atom is -0.444 e. The Labute approximate surface area is 131 Å². The van der Waals surface area contributed by atoms with Gasteiger partial charge in [-0.3, -0.25) is 5.10 Å². The van der Waals surface area contributed by atoms with E-state index in [-0.39, 0.29) is 0 Å². The molecule has 0 atom stereocenters. The normalized spacial score (nSPS) is 10.6. The highest BCUT2D eigenvalue weighted by Crippen LogP contribution is 2.24. The van der Waals surface area contributed by atoms with Gasteiger partial charge in [-0.2, -0.15) is 5.10 Å². The minimum absolute atomic E-state index is 0.506. The minimum atomic E-state index is 0.506. The van der Waals surface area contributed by atoms with E-state index in [1.165, 1.54) is 6.39 Å². The monoisotopic (exact) mass is 304 g/mol. The first-order valence-electron chi connectivity index (χ1n) is 6.97. The van der Waals surface area contributed by atoms with Crippen molar-refractivity contribution in [3.05, 3.63) is 61.4 Å². The van der Waals surface area contributed by atoms with E-state index in [0.717, 1.165) is 22.6 Å².